The van der Waals surface area contributed by atoms with Crippen LogP contribution >= 0.6 is 0 Å². The van der Waals surface area contributed by atoms with Gasteiger partial charge in [-0.05, 0) is 38.8 Å². The quantitative estimate of drug-likeness (QED) is 0.887. The lowest BCUT2D eigenvalue weighted by Crippen LogP contribution is -2.60. The van der Waals surface area contributed by atoms with E-state index in [4.69, 9.17) is 9.47 Å². The standard InChI is InChI=1S/C18H23NO5/c1-11-15(24-14-9-4-3-8-13(14)23-11)16(20)19-18(2)10-6-5-7-12(18)17(21)22/h3-4,8-9,11-12,15H,5-7,10H2,1-2H3,(H,19,20)(H,21,22)/t11-,12-,15-,18+/m0/s1. The van der Waals surface area contributed by atoms with Crippen LogP contribution in [0, 0.1) is 5.92 Å². The predicted molar refractivity (Wildman–Crippen MR) is 87.1 cm³/mol. The van der Waals surface area contributed by atoms with Crippen molar-refractivity contribution in [3.63, 3.8) is 0 Å². The van der Waals surface area contributed by atoms with Crippen LogP contribution in [0.25, 0.3) is 0 Å². The number of fused-ring (bicyclic) bond motifs is 1. The van der Waals surface area contributed by atoms with Gasteiger partial charge < -0.3 is 19.9 Å². The number of carboxylic acids is 1. The third-order valence-corrected chi connectivity index (χ3v) is 5.02. The van der Waals surface area contributed by atoms with E-state index in [1.54, 1.807) is 19.1 Å². The lowest BCUT2D eigenvalue weighted by Gasteiger charge is -2.41. The van der Waals surface area contributed by atoms with E-state index in [-0.39, 0.29) is 5.91 Å². The molecule has 6 nitrogen and oxygen atoms in total. The SMILES string of the molecule is C[C@@H]1Oc2ccccc2O[C@@H]1C(=O)N[C@]1(C)CCCC[C@H]1C(=O)O. The highest BCUT2D eigenvalue weighted by atomic mass is 16.6. The van der Waals surface area contributed by atoms with Gasteiger partial charge in [0.05, 0.1) is 11.5 Å². The van der Waals surface area contributed by atoms with Crippen molar-refractivity contribution in [1.29, 1.82) is 0 Å². The van der Waals surface area contributed by atoms with Crippen LogP contribution in [-0.2, 0) is 9.59 Å². The summed E-state index contributed by atoms with van der Waals surface area (Å²) in [6.45, 7) is 3.59. The van der Waals surface area contributed by atoms with Crippen LogP contribution in [0.2, 0.25) is 0 Å². The molecule has 1 aliphatic heterocycles. The normalized spacial score (nSPS) is 32.0. The molecule has 6 heteroatoms. The first kappa shape index (κ1) is 16.6. The van der Waals surface area contributed by atoms with Gasteiger partial charge in [-0.3, -0.25) is 9.59 Å². The van der Waals surface area contributed by atoms with Crippen molar-refractivity contribution in [3.05, 3.63) is 24.3 Å². The Bertz CT molecular complexity index is 646. The summed E-state index contributed by atoms with van der Waals surface area (Å²) >= 11 is 0. The number of nitrogens with one attached hydrogen (secondary N) is 1. The number of carbonyl (C=O) groups is 2. The minimum Gasteiger partial charge on any atom is -0.482 e. The second kappa shape index (κ2) is 6.34. The van der Waals surface area contributed by atoms with Crippen molar-refractivity contribution in [3.8, 4) is 11.5 Å². The lowest BCUT2D eigenvalue weighted by atomic mass is 9.73. The molecule has 4 atom stereocenters. The maximum Gasteiger partial charge on any atom is 0.308 e. The summed E-state index contributed by atoms with van der Waals surface area (Å²) in [6.07, 6.45) is 1.75. The highest BCUT2D eigenvalue weighted by molar-refractivity contribution is 5.84. The third kappa shape index (κ3) is 3.05. The summed E-state index contributed by atoms with van der Waals surface area (Å²) in [5, 5.41) is 12.4. The summed E-state index contributed by atoms with van der Waals surface area (Å²) in [4.78, 5) is 24.3. The maximum atomic E-state index is 12.8. The molecule has 1 amide bonds. The van der Waals surface area contributed by atoms with Gasteiger partial charge in [-0.1, -0.05) is 25.0 Å². The van der Waals surface area contributed by atoms with Gasteiger partial charge in [0.1, 0.15) is 6.10 Å². The van der Waals surface area contributed by atoms with Crippen molar-refractivity contribution >= 4 is 11.9 Å². The zero-order valence-corrected chi connectivity index (χ0v) is 14.0. The highest BCUT2D eigenvalue weighted by Gasteiger charge is 2.45. The van der Waals surface area contributed by atoms with Gasteiger partial charge in [-0.15, -0.1) is 0 Å². The van der Waals surface area contributed by atoms with E-state index in [9.17, 15) is 14.7 Å². The van der Waals surface area contributed by atoms with Crippen LogP contribution in [0.1, 0.15) is 39.5 Å². The van der Waals surface area contributed by atoms with E-state index in [1.165, 1.54) is 0 Å². The van der Waals surface area contributed by atoms with E-state index in [2.05, 4.69) is 5.32 Å². The Morgan fingerprint density at radius 3 is 2.54 bits per heavy atom. The molecule has 1 aliphatic carbocycles. The van der Waals surface area contributed by atoms with Crippen LogP contribution in [-0.4, -0.2) is 34.7 Å². The highest BCUT2D eigenvalue weighted by Crippen LogP contribution is 2.36. The number of para-hydroxylation sites is 2. The molecule has 1 aromatic rings. The molecule has 2 N–H and O–H groups in total. The number of carbonyl (C=O) groups excluding carboxylic acids is 1. The monoisotopic (exact) mass is 333 g/mol. The number of hydrogen-bond donors (Lipinski definition) is 2. The zero-order valence-electron chi connectivity index (χ0n) is 14.0. The van der Waals surface area contributed by atoms with Crippen LogP contribution in [0.15, 0.2) is 24.3 Å². The van der Waals surface area contributed by atoms with Crippen molar-refractivity contribution < 1.29 is 24.2 Å². The summed E-state index contributed by atoms with van der Waals surface area (Å²) in [7, 11) is 0. The van der Waals surface area contributed by atoms with Crippen LogP contribution in [0.4, 0.5) is 0 Å². The number of amides is 1. The summed E-state index contributed by atoms with van der Waals surface area (Å²) in [5.74, 6) is -0.632. The topological polar surface area (TPSA) is 84.9 Å². The van der Waals surface area contributed by atoms with Crippen molar-refractivity contribution in [1.82, 2.24) is 5.32 Å². The summed E-state index contributed by atoms with van der Waals surface area (Å²) in [5.41, 5.74) is -0.763. The molecule has 0 spiro atoms. The molecule has 1 saturated carbocycles. The Morgan fingerprint density at radius 1 is 1.21 bits per heavy atom. The van der Waals surface area contributed by atoms with Crippen molar-refractivity contribution in [2.75, 3.05) is 0 Å². The molecule has 24 heavy (non-hydrogen) atoms. The number of hydrogen-bond acceptors (Lipinski definition) is 4. The minimum absolute atomic E-state index is 0.326. The smallest absolute Gasteiger partial charge is 0.308 e. The van der Waals surface area contributed by atoms with Gasteiger partial charge in [0.25, 0.3) is 5.91 Å². The van der Waals surface area contributed by atoms with Crippen LogP contribution in [0.5, 0.6) is 11.5 Å². The molecule has 0 radical (unpaired) electrons. The van der Waals surface area contributed by atoms with Crippen LogP contribution in [0.3, 0.4) is 0 Å². The Kier molecular flexibility index (Phi) is 4.39. The number of benzene rings is 1. The number of rotatable bonds is 3. The van der Waals surface area contributed by atoms with Gasteiger partial charge in [0.2, 0.25) is 6.10 Å². The first-order valence-corrected chi connectivity index (χ1v) is 8.38. The van der Waals surface area contributed by atoms with E-state index in [0.29, 0.717) is 24.3 Å². The lowest BCUT2D eigenvalue weighted by molar-refractivity contribution is -0.148. The van der Waals surface area contributed by atoms with Gasteiger partial charge in [0.15, 0.2) is 11.5 Å². The van der Waals surface area contributed by atoms with Gasteiger partial charge in [-0.25, -0.2) is 0 Å². The Labute approximate surface area is 141 Å². The van der Waals surface area contributed by atoms with Gasteiger partial charge in [-0.2, -0.15) is 0 Å². The van der Waals surface area contributed by atoms with Gasteiger partial charge >= 0.3 is 5.97 Å². The number of aliphatic carboxylic acids is 1. The minimum atomic E-state index is -0.864. The Balaban J connectivity index is 1.76. The van der Waals surface area contributed by atoms with E-state index >= 15 is 0 Å². The molecule has 1 heterocycles. The molecule has 1 aromatic carbocycles. The first-order valence-electron chi connectivity index (χ1n) is 8.38. The first-order chi connectivity index (χ1) is 11.4. The van der Waals surface area contributed by atoms with E-state index in [1.807, 2.05) is 19.1 Å². The fourth-order valence-corrected chi connectivity index (χ4v) is 3.64. The molecule has 0 saturated heterocycles. The van der Waals surface area contributed by atoms with Crippen LogP contribution < -0.4 is 14.8 Å². The second-order valence-electron chi connectivity index (χ2n) is 6.85. The molecule has 1 fully saturated rings. The Hall–Kier alpha value is -2.24. The molecule has 0 bridgehead atoms. The fourth-order valence-electron chi connectivity index (χ4n) is 3.64. The fraction of sp³-hybridized carbons (Fsp3) is 0.556. The average Bonchev–Trinajstić information content (AvgIpc) is 2.53. The molecule has 2 aliphatic rings. The molecule has 0 unspecified atom stereocenters. The van der Waals surface area contributed by atoms with Gasteiger partial charge in [0, 0.05) is 0 Å². The van der Waals surface area contributed by atoms with Crippen molar-refractivity contribution in [2.45, 2.75) is 57.3 Å². The summed E-state index contributed by atoms with van der Waals surface area (Å²) in [6, 6.07) is 7.21. The number of ether oxygens (including phenoxy) is 2. The largest absolute Gasteiger partial charge is 0.482 e. The average molecular weight is 333 g/mol. The predicted octanol–water partition coefficient (Wildman–Crippen LogP) is 2.36. The Morgan fingerprint density at radius 2 is 1.88 bits per heavy atom. The molecular formula is C18H23NO5. The molecule has 0 aromatic heterocycles. The zero-order chi connectivity index (χ0) is 17.3. The molecule has 3 rings (SSSR count). The summed E-state index contributed by atoms with van der Waals surface area (Å²) < 4.78 is 11.6. The second-order valence-corrected chi connectivity index (χ2v) is 6.85. The van der Waals surface area contributed by atoms with Crippen molar-refractivity contribution in [2.24, 2.45) is 5.92 Å². The van der Waals surface area contributed by atoms with E-state index < -0.39 is 29.6 Å². The molecular weight excluding hydrogens is 310 g/mol. The third-order valence-electron chi connectivity index (χ3n) is 5.02. The molecule has 130 valence electrons. The van der Waals surface area contributed by atoms with E-state index in [0.717, 1.165) is 12.8 Å². The maximum absolute atomic E-state index is 12.8. The number of carboxylic acid groups (broad SMARTS) is 1.